The van der Waals surface area contributed by atoms with Crippen molar-refractivity contribution in [2.24, 2.45) is 0 Å². The van der Waals surface area contributed by atoms with Gasteiger partial charge < -0.3 is 5.32 Å². The first-order valence-electron chi connectivity index (χ1n) is 11.0. The van der Waals surface area contributed by atoms with E-state index in [0.717, 1.165) is 47.5 Å². The predicted molar refractivity (Wildman–Crippen MR) is 129 cm³/mol. The lowest BCUT2D eigenvalue weighted by atomic mass is 9.96. The number of amides is 1. The van der Waals surface area contributed by atoms with Crippen LogP contribution in [0.4, 0.5) is 5.69 Å². The third-order valence-corrected chi connectivity index (χ3v) is 6.42. The molecule has 1 aromatic heterocycles. The molecule has 32 heavy (non-hydrogen) atoms. The Morgan fingerprint density at radius 2 is 1.78 bits per heavy atom. The minimum Gasteiger partial charge on any atom is -0.325 e. The molecular weight excluding hydrogens is 470 g/mol. The van der Waals surface area contributed by atoms with E-state index in [1.807, 2.05) is 61.5 Å². The number of halogens is 1. The van der Waals surface area contributed by atoms with Crippen LogP contribution in [0.5, 0.6) is 0 Å². The fourth-order valence-corrected chi connectivity index (χ4v) is 4.47. The number of hydrogen-bond donors (Lipinski definition) is 1. The minimum absolute atomic E-state index is 0.0108. The molecule has 8 heteroatoms. The van der Waals surface area contributed by atoms with Gasteiger partial charge in [0.25, 0.3) is 0 Å². The van der Waals surface area contributed by atoms with Crippen molar-refractivity contribution < 1.29 is 4.79 Å². The molecule has 1 fully saturated rings. The highest BCUT2D eigenvalue weighted by Gasteiger charge is 2.27. The van der Waals surface area contributed by atoms with Crippen molar-refractivity contribution in [1.82, 2.24) is 19.2 Å². The van der Waals surface area contributed by atoms with Gasteiger partial charge in [0, 0.05) is 22.6 Å². The van der Waals surface area contributed by atoms with E-state index in [-0.39, 0.29) is 17.5 Å². The van der Waals surface area contributed by atoms with E-state index in [1.165, 1.54) is 0 Å². The third kappa shape index (κ3) is 5.37. The van der Waals surface area contributed by atoms with E-state index in [9.17, 15) is 9.59 Å². The molecule has 168 valence electrons. The van der Waals surface area contributed by atoms with Crippen LogP contribution in [0, 0.1) is 0 Å². The molecule has 0 spiro atoms. The zero-order valence-corrected chi connectivity index (χ0v) is 19.8. The molecule has 0 radical (unpaired) electrons. The molecule has 1 amide bonds. The Hall–Kier alpha value is -2.71. The van der Waals surface area contributed by atoms with E-state index in [2.05, 4.69) is 26.1 Å². The zero-order valence-electron chi connectivity index (χ0n) is 18.2. The molecule has 0 saturated carbocycles. The van der Waals surface area contributed by atoms with Crippen LogP contribution in [0.1, 0.15) is 37.1 Å². The Labute approximate surface area is 196 Å². The maximum Gasteiger partial charge on any atom is 0.346 e. The lowest BCUT2D eigenvalue weighted by Gasteiger charge is -2.30. The van der Waals surface area contributed by atoms with Gasteiger partial charge in [0.2, 0.25) is 5.91 Å². The van der Waals surface area contributed by atoms with E-state index < -0.39 is 0 Å². The summed E-state index contributed by atoms with van der Waals surface area (Å²) >= 11 is 3.40. The van der Waals surface area contributed by atoms with Crippen LogP contribution in [-0.4, -0.2) is 44.8 Å². The van der Waals surface area contributed by atoms with Crippen molar-refractivity contribution >= 4 is 27.5 Å². The average Bonchev–Trinajstić information content (AvgIpc) is 3.11. The number of piperidine rings is 1. The van der Waals surface area contributed by atoms with Gasteiger partial charge in [-0.25, -0.2) is 9.48 Å². The number of rotatable bonds is 7. The normalized spacial score (nSPS) is 15.1. The van der Waals surface area contributed by atoms with Gasteiger partial charge in [-0.1, -0.05) is 46.3 Å². The van der Waals surface area contributed by atoms with Gasteiger partial charge in [-0.3, -0.25) is 14.3 Å². The van der Waals surface area contributed by atoms with Crippen molar-refractivity contribution in [1.29, 1.82) is 0 Å². The Morgan fingerprint density at radius 1 is 1.09 bits per heavy atom. The summed E-state index contributed by atoms with van der Waals surface area (Å²) in [5.41, 5.74) is 1.81. The highest BCUT2D eigenvalue weighted by Crippen LogP contribution is 2.26. The molecule has 0 aliphatic carbocycles. The van der Waals surface area contributed by atoms with Crippen LogP contribution < -0.4 is 11.0 Å². The van der Waals surface area contributed by atoms with E-state index >= 15 is 0 Å². The maximum absolute atomic E-state index is 12.9. The van der Waals surface area contributed by atoms with Crippen molar-refractivity contribution in [3.05, 3.63) is 80.9 Å². The van der Waals surface area contributed by atoms with Gasteiger partial charge in [0.15, 0.2) is 0 Å². The van der Waals surface area contributed by atoms with Crippen molar-refractivity contribution in [3.63, 3.8) is 0 Å². The molecule has 0 unspecified atom stereocenters. The highest BCUT2D eigenvalue weighted by molar-refractivity contribution is 9.10. The molecule has 1 aliphatic rings. The summed E-state index contributed by atoms with van der Waals surface area (Å²) in [6.07, 6.45) is 1.76. The van der Waals surface area contributed by atoms with Crippen LogP contribution in [0.25, 0.3) is 0 Å². The Morgan fingerprint density at radius 3 is 2.44 bits per heavy atom. The SMILES string of the molecule is CCn1c(C2CCN(CC(=O)Nc3ccc(Br)cc3)CC2)nn(Cc2ccccc2)c1=O. The first kappa shape index (κ1) is 22.5. The van der Waals surface area contributed by atoms with E-state index in [0.29, 0.717) is 19.6 Å². The average molecular weight is 498 g/mol. The second kappa shape index (κ2) is 10.3. The van der Waals surface area contributed by atoms with E-state index in [1.54, 1.807) is 9.25 Å². The lowest BCUT2D eigenvalue weighted by molar-refractivity contribution is -0.117. The van der Waals surface area contributed by atoms with Gasteiger partial charge in [-0.05, 0) is 62.7 Å². The Kier molecular flexibility index (Phi) is 7.22. The fraction of sp³-hybridized carbons (Fsp3) is 0.375. The number of anilines is 1. The van der Waals surface area contributed by atoms with Gasteiger partial charge in [0.05, 0.1) is 13.1 Å². The van der Waals surface area contributed by atoms with Crippen LogP contribution in [0.2, 0.25) is 0 Å². The maximum atomic E-state index is 12.9. The predicted octanol–water partition coefficient (Wildman–Crippen LogP) is 3.69. The van der Waals surface area contributed by atoms with Crippen molar-refractivity contribution in [2.45, 2.75) is 38.8 Å². The molecular formula is C24H28BrN5O2. The van der Waals surface area contributed by atoms with Gasteiger partial charge in [-0.2, -0.15) is 5.10 Å². The second-order valence-electron chi connectivity index (χ2n) is 8.13. The summed E-state index contributed by atoms with van der Waals surface area (Å²) in [6.45, 7) is 5.06. The third-order valence-electron chi connectivity index (χ3n) is 5.89. The molecule has 1 aliphatic heterocycles. The standard InChI is InChI=1S/C24H28BrN5O2/c1-2-29-23(27-30(24(29)32)16-18-6-4-3-5-7-18)19-12-14-28(15-13-19)17-22(31)26-21-10-8-20(25)9-11-21/h3-11,19H,2,12-17H2,1H3,(H,26,31). The van der Waals surface area contributed by atoms with Crippen LogP contribution in [0.15, 0.2) is 63.9 Å². The molecule has 4 rings (SSSR count). The lowest BCUT2D eigenvalue weighted by Crippen LogP contribution is -2.39. The Balaban J connectivity index is 1.36. The number of aromatic nitrogens is 3. The largest absolute Gasteiger partial charge is 0.346 e. The molecule has 2 heterocycles. The molecule has 1 saturated heterocycles. The zero-order chi connectivity index (χ0) is 22.5. The number of carbonyl (C=O) groups is 1. The number of nitrogens with one attached hydrogen (secondary N) is 1. The van der Waals surface area contributed by atoms with Crippen LogP contribution >= 0.6 is 15.9 Å². The number of hydrogen-bond acceptors (Lipinski definition) is 4. The first-order valence-corrected chi connectivity index (χ1v) is 11.8. The molecule has 3 aromatic rings. The van der Waals surface area contributed by atoms with Gasteiger partial charge in [0.1, 0.15) is 5.82 Å². The first-order chi connectivity index (χ1) is 15.5. The van der Waals surface area contributed by atoms with Crippen LogP contribution in [0.3, 0.4) is 0 Å². The number of benzene rings is 2. The molecule has 0 atom stereocenters. The smallest absolute Gasteiger partial charge is 0.325 e. The molecule has 1 N–H and O–H groups in total. The van der Waals surface area contributed by atoms with Gasteiger partial charge >= 0.3 is 5.69 Å². The summed E-state index contributed by atoms with van der Waals surface area (Å²) in [4.78, 5) is 27.4. The minimum atomic E-state index is -0.0531. The van der Waals surface area contributed by atoms with Crippen molar-refractivity contribution in [2.75, 3.05) is 25.0 Å². The summed E-state index contributed by atoms with van der Waals surface area (Å²) in [7, 11) is 0. The summed E-state index contributed by atoms with van der Waals surface area (Å²) in [5, 5.41) is 7.66. The topological polar surface area (TPSA) is 72.2 Å². The summed E-state index contributed by atoms with van der Waals surface area (Å²) in [6, 6.07) is 17.5. The van der Waals surface area contributed by atoms with Crippen LogP contribution in [-0.2, 0) is 17.9 Å². The van der Waals surface area contributed by atoms with Crippen molar-refractivity contribution in [3.8, 4) is 0 Å². The van der Waals surface area contributed by atoms with Gasteiger partial charge in [-0.15, -0.1) is 0 Å². The number of nitrogens with zero attached hydrogens (tertiary/aromatic N) is 4. The summed E-state index contributed by atoms with van der Waals surface area (Å²) < 4.78 is 4.35. The number of carbonyl (C=O) groups excluding carboxylic acids is 1. The molecule has 2 aromatic carbocycles. The molecule has 7 nitrogen and oxygen atoms in total. The molecule has 0 bridgehead atoms. The summed E-state index contributed by atoms with van der Waals surface area (Å²) in [5.74, 6) is 1.08. The van der Waals surface area contributed by atoms with E-state index in [4.69, 9.17) is 5.10 Å². The fourth-order valence-electron chi connectivity index (χ4n) is 4.20. The quantitative estimate of drug-likeness (QED) is 0.540. The number of likely N-dealkylation sites (tertiary alicyclic amines) is 1. The second-order valence-corrected chi connectivity index (χ2v) is 9.05. The Bertz CT molecular complexity index is 1100. The monoisotopic (exact) mass is 497 g/mol. The highest BCUT2D eigenvalue weighted by atomic mass is 79.9.